The maximum atomic E-state index is 13.1. The number of amides is 2. The highest BCUT2D eigenvalue weighted by Crippen LogP contribution is 2.34. The van der Waals surface area contributed by atoms with Crippen LogP contribution in [0.2, 0.25) is 0 Å². The molecule has 2 atom stereocenters. The average molecular weight is 423 g/mol. The standard InChI is InChI=1S/C23H26N4O4/c1-15(2)24-22(28)13-26(3)14-23(29)27-18(20-9-6-10-30-20)12-17(25-27)21-11-16-7-4-5-8-19(16)31-21/h4-11,15,18H,12-14H2,1-3H3,(H,24,28)/p+1/t18-/m0/s1. The lowest BCUT2D eigenvalue weighted by molar-refractivity contribution is -0.863. The average Bonchev–Trinajstić information content (AvgIpc) is 3.44. The van der Waals surface area contributed by atoms with Crippen molar-refractivity contribution >= 4 is 28.5 Å². The number of benzene rings is 1. The van der Waals surface area contributed by atoms with Gasteiger partial charge in [0.15, 0.2) is 18.8 Å². The maximum Gasteiger partial charge on any atom is 0.298 e. The van der Waals surface area contributed by atoms with Crippen molar-refractivity contribution in [3.63, 3.8) is 0 Å². The van der Waals surface area contributed by atoms with E-state index in [1.54, 1.807) is 12.3 Å². The summed E-state index contributed by atoms with van der Waals surface area (Å²) in [5.74, 6) is 1.04. The number of hydrogen-bond acceptors (Lipinski definition) is 5. The van der Waals surface area contributed by atoms with E-state index < -0.39 is 0 Å². The van der Waals surface area contributed by atoms with Crippen molar-refractivity contribution in [3.8, 4) is 0 Å². The number of carbonyl (C=O) groups is 2. The molecular formula is C23H27N4O4+. The Morgan fingerprint density at radius 3 is 2.74 bits per heavy atom. The second-order valence-electron chi connectivity index (χ2n) is 8.20. The Balaban J connectivity index is 1.53. The minimum Gasteiger partial charge on any atom is -0.467 e. The molecule has 0 saturated carbocycles. The molecule has 162 valence electrons. The third kappa shape index (κ3) is 4.69. The van der Waals surface area contributed by atoms with E-state index >= 15 is 0 Å². The van der Waals surface area contributed by atoms with Crippen LogP contribution in [0, 0.1) is 0 Å². The first kappa shape index (κ1) is 20.9. The lowest BCUT2D eigenvalue weighted by Crippen LogP contribution is -3.11. The van der Waals surface area contributed by atoms with Gasteiger partial charge in [-0.05, 0) is 38.1 Å². The number of likely N-dealkylation sites (N-methyl/N-ethyl adjacent to an activating group) is 1. The highest BCUT2D eigenvalue weighted by atomic mass is 16.3. The first-order valence-electron chi connectivity index (χ1n) is 10.4. The van der Waals surface area contributed by atoms with E-state index in [-0.39, 0.29) is 37.0 Å². The monoisotopic (exact) mass is 423 g/mol. The van der Waals surface area contributed by atoms with Crippen molar-refractivity contribution in [2.24, 2.45) is 5.10 Å². The Kier molecular flexibility index (Phi) is 5.90. The van der Waals surface area contributed by atoms with Crippen molar-refractivity contribution in [2.75, 3.05) is 20.1 Å². The minimum absolute atomic E-state index is 0.0638. The molecule has 1 aromatic carbocycles. The Labute approximate surface area is 180 Å². The fourth-order valence-electron chi connectivity index (χ4n) is 3.76. The largest absolute Gasteiger partial charge is 0.467 e. The number of carbonyl (C=O) groups excluding carboxylic acids is 2. The number of furan rings is 2. The zero-order valence-corrected chi connectivity index (χ0v) is 17.9. The van der Waals surface area contributed by atoms with Crippen molar-refractivity contribution in [1.29, 1.82) is 0 Å². The molecule has 1 aliphatic rings. The van der Waals surface area contributed by atoms with Gasteiger partial charge in [-0.3, -0.25) is 9.59 Å². The molecule has 1 unspecified atom stereocenters. The van der Waals surface area contributed by atoms with E-state index in [9.17, 15) is 9.59 Å². The molecule has 4 rings (SSSR count). The van der Waals surface area contributed by atoms with E-state index in [1.807, 2.05) is 57.3 Å². The van der Waals surface area contributed by atoms with E-state index in [2.05, 4.69) is 10.4 Å². The molecule has 8 nitrogen and oxygen atoms in total. The summed E-state index contributed by atoms with van der Waals surface area (Å²) in [5, 5.41) is 9.90. The zero-order valence-electron chi connectivity index (χ0n) is 17.9. The van der Waals surface area contributed by atoms with Crippen LogP contribution in [0.4, 0.5) is 0 Å². The summed E-state index contributed by atoms with van der Waals surface area (Å²) in [6, 6.07) is 13.0. The van der Waals surface area contributed by atoms with Crippen LogP contribution in [-0.2, 0) is 9.59 Å². The number of fused-ring (bicyclic) bond motifs is 1. The fourth-order valence-corrected chi connectivity index (χ4v) is 3.76. The summed E-state index contributed by atoms with van der Waals surface area (Å²) in [6.45, 7) is 4.17. The molecule has 0 spiro atoms. The molecule has 0 saturated heterocycles. The molecule has 0 bridgehead atoms. The number of para-hydroxylation sites is 1. The van der Waals surface area contributed by atoms with Crippen LogP contribution in [0.3, 0.4) is 0 Å². The van der Waals surface area contributed by atoms with Gasteiger partial charge in [-0.2, -0.15) is 5.10 Å². The number of nitrogens with zero attached hydrogens (tertiary/aromatic N) is 2. The van der Waals surface area contributed by atoms with Crippen LogP contribution < -0.4 is 10.2 Å². The summed E-state index contributed by atoms with van der Waals surface area (Å²) in [7, 11) is 1.82. The molecule has 3 aromatic rings. The van der Waals surface area contributed by atoms with Gasteiger partial charge in [-0.25, -0.2) is 5.01 Å². The lowest BCUT2D eigenvalue weighted by atomic mass is 10.1. The second-order valence-corrected chi connectivity index (χ2v) is 8.20. The molecule has 3 heterocycles. The van der Waals surface area contributed by atoms with Gasteiger partial charge in [0.2, 0.25) is 0 Å². The van der Waals surface area contributed by atoms with Gasteiger partial charge in [0, 0.05) is 17.8 Å². The van der Waals surface area contributed by atoms with Crippen LogP contribution >= 0.6 is 0 Å². The van der Waals surface area contributed by atoms with Crippen molar-refractivity contribution in [2.45, 2.75) is 32.4 Å². The molecule has 2 N–H and O–H groups in total. The molecule has 8 heteroatoms. The molecule has 31 heavy (non-hydrogen) atoms. The zero-order chi connectivity index (χ0) is 22.0. The predicted molar refractivity (Wildman–Crippen MR) is 116 cm³/mol. The van der Waals surface area contributed by atoms with Crippen LogP contribution in [0.1, 0.15) is 37.8 Å². The summed E-state index contributed by atoms with van der Waals surface area (Å²) in [4.78, 5) is 25.9. The van der Waals surface area contributed by atoms with Gasteiger partial charge in [-0.1, -0.05) is 18.2 Å². The van der Waals surface area contributed by atoms with E-state index in [4.69, 9.17) is 8.83 Å². The molecule has 2 amide bonds. The summed E-state index contributed by atoms with van der Waals surface area (Å²) in [6.07, 6.45) is 2.08. The van der Waals surface area contributed by atoms with Crippen LogP contribution in [0.5, 0.6) is 0 Å². The van der Waals surface area contributed by atoms with E-state index in [1.165, 1.54) is 5.01 Å². The Hall–Kier alpha value is -3.39. The first-order valence-corrected chi connectivity index (χ1v) is 10.4. The molecular weight excluding hydrogens is 396 g/mol. The topological polar surface area (TPSA) is 92.5 Å². The molecule has 0 aliphatic carbocycles. The smallest absolute Gasteiger partial charge is 0.298 e. The third-order valence-electron chi connectivity index (χ3n) is 5.11. The van der Waals surface area contributed by atoms with Crippen molar-refractivity contribution in [1.82, 2.24) is 10.3 Å². The second kappa shape index (κ2) is 8.77. The summed E-state index contributed by atoms with van der Waals surface area (Å²) < 4.78 is 11.5. The first-order chi connectivity index (χ1) is 14.9. The number of rotatable bonds is 7. The van der Waals surface area contributed by atoms with Crippen molar-refractivity contribution in [3.05, 3.63) is 60.2 Å². The van der Waals surface area contributed by atoms with Gasteiger partial charge in [0.25, 0.3) is 11.8 Å². The van der Waals surface area contributed by atoms with Gasteiger partial charge in [-0.15, -0.1) is 0 Å². The highest BCUT2D eigenvalue weighted by molar-refractivity contribution is 6.03. The number of hydrogen-bond donors (Lipinski definition) is 2. The summed E-state index contributed by atoms with van der Waals surface area (Å²) >= 11 is 0. The minimum atomic E-state index is -0.344. The Bertz CT molecular complexity index is 1070. The Morgan fingerprint density at radius 2 is 2.03 bits per heavy atom. The normalized spacial score (nSPS) is 17.2. The van der Waals surface area contributed by atoms with E-state index in [0.717, 1.165) is 15.9 Å². The lowest BCUT2D eigenvalue weighted by Gasteiger charge is -2.21. The molecule has 2 aromatic heterocycles. The highest BCUT2D eigenvalue weighted by Gasteiger charge is 2.37. The molecule has 0 fully saturated rings. The van der Waals surface area contributed by atoms with Gasteiger partial charge in [0.05, 0.1) is 13.3 Å². The summed E-state index contributed by atoms with van der Waals surface area (Å²) in [5.41, 5.74) is 1.47. The van der Waals surface area contributed by atoms with Crippen molar-refractivity contribution < 1.29 is 23.3 Å². The number of nitrogens with one attached hydrogen (secondary N) is 2. The molecule has 0 radical (unpaired) electrons. The van der Waals surface area contributed by atoms with Gasteiger partial charge < -0.3 is 19.1 Å². The third-order valence-corrected chi connectivity index (χ3v) is 5.11. The number of quaternary nitrogens is 1. The fraction of sp³-hybridized carbons (Fsp3) is 0.348. The quantitative estimate of drug-likeness (QED) is 0.606. The van der Waals surface area contributed by atoms with Crippen LogP contribution in [0.25, 0.3) is 11.0 Å². The maximum absolute atomic E-state index is 13.1. The van der Waals surface area contributed by atoms with Crippen LogP contribution in [-0.4, -0.2) is 48.7 Å². The SMILES string of the molecule is CC(C)NC(=O)C[NH+](C)CC(=O)N1N=C(c2cc3ccccc3o2)C[C@H]1c1ccco1. The predicted octanol–water partition coefficient (Wildman–Crippen LogP) is 1.74. The van der Waals surface area contributed by atoms with Gasteiger partial charge >= 0.3 is 0 Å². The number of hydrazone groups is 1. The molecule has 1 aliphatic heterocycles. The van der Waals surface area contributed by atoms with E-state index in [0.29, 0.717) is 23.7 Å². The van der Waals surface area contributed by atoms with Crippen LogP contribution in [0.15, 0.2) is 62.7 Å². The van der Waals surface area contributed by atoms with Gasteiger partial charge in [0.1, 0.15) is 23.1 Å². The Morgan fingerprint density at radius 1 is 1.23 bits per heavy atom.